The van der Waals surface area contributed by atoms with Crippen LogP contribution in [0.25, 0.3) is 0 Å². The Hall–Kier alpha value is -0.810. The Morgan fingerprint density at radius 3 is 2.92 bits per heavy atom. The Morgan fingerprint density at radius 1 is 1.67 bits per heavy atom. The first-order valence-corrected chi connectivity index (χ1v) is 4.01. The van der Waals surface area contributed by atoms with Crippen molar-refractivity contribution in [2.75, 3.05) is 19.7 Å². The van der Waals surface area contributed by atoms with Gasteiger partial charge < -0.3 is 20.9 Å². The van der Waals surface area contributed by atoms with E-state index in [9.17, 15) is 9.90 Å². The van der Waals surface area contributed by atoms with Crippen LogP contribution in [0.3, 0.4) is 0 Å². The molecule has 1 aliphatic heterocycles. The first-order chi connectivity index (χ1) is 5.70. The molecule has 1 fully saturated rings. The molecule has 1 amide bonds. The number of primary amides is 1. The number of carbonyl (C=O) groups is 1. The number of carbonyl (C=O) groups excluding carboxylic acids is 1. The van der Waals surface area contributed by atoms with E-state index >= 15 is 0 Å². The number of ether oxygens (including phenoxy) is 1. The van der Waals surface area contributed by atoms with Gasteiger partial charge in [-0.3, -0.25) is 0 Å². The van der Waals surface area contributed by atoms with E-state index in [0.717, 1.165) is 6.54 Å². The summed E-state index contributed by atoms with van der Waals surface area (Å²) in [6.07, 6.45) is -0.408. The summed E-state index contributed by atoms with van der Waals surface area (Å²) in [5.74, 6) is 0.185. The zero-order valence-corrected chi connectivity index (χ0v) is 6.82. The second-order valence-corrected chi connectivity index (χ2v) is 2.94. The van der Waals surface area contributed by atoms with Crippen LogP contribution in [0.2, 0.25) is 0 Å². The minimum Gasteiger partial charge on any atom is -0.450 e. The number of rotatable bonds is 3. The molecule has 2 unspecified atom stereocenters. The van der Waals surface area contributed by atoms with Crippen LogP contribution in [0.15, 0.2) is 0 Å². The fraction of sp³-hybridized carbons (Fsp3) is 0.857. The average molecular weight is 174 g/mol. The molecule has 0 aromatic rings. The highest BCUT2D eigenvalue weighted by Gasteiger charge is 2.24. The fourth-order valence-electron chi connectivity index (χ4n) is 1.32. The zero-order valence-electron chi connectivity index (χ0n) is 6.82. The van der Waals surface area contributed by atoms with Gasteiger partial charge in [0, 0.05) is 19.0 Å². The van der Waals surface area contributed by atoms with Gasteiger partial charge in [-0.15, -0.1) is 0 Å². The fourth-order valence-corrected chi connectivity index (χ4v) is 1.32. The number of nitrogens with one attached hydrogen (secondary N) is 1. The van der Waals surface area contributed by atoms with Gasteiger partial charge in [0.2, 0.25) is 0 Å². The van der Waals surface area contributed by atoms with Crippen molar-refractivity contribution in [2.24, 2.45) is 11.7 Å². The highest BCUT2D eigenvalue weighted by Crippen LogP contribution is 2.12. The second kappa shape index (κ2) is 4.27. The van der Waals surface area contributed by atoms with E-state index in [1.807, 2.05) is 0 Å². The standard InChI is InChI=1S/C7H14N2O3/c8-7(11)12-2-1-5-3-9-4-6(5)10/h5-6,9-10H,1-4H2,(H2,8,11). The first-order valence-electron chi connectivity index (χ1n) is 4.01. The molecule has 0 saturated carbocycles. The van der Waals surface area contributed by atoms with E-state index in [2.05, 4.69) is 10.1 Å². The van der Waals surface area contributed by atoms with E-state index in [0.29, 0.717) is 19.6 Å². The van der Waals surface area contributed by atoms with Crippen LogP contribution in [0.4, 0.5) is 4.79 Å². The molecule has 0 aliphatic carbocycles. The molecule has 0 bridgehead atoms. The number of aliphatic hydroxyl groups excluding tert-OH is 1. The number of hydrogen-bond donors (Lipinski definition) is 3. The third-order valence-electron chi connectivity index (χ3n) is 2.04. The Labute approximate surface area is 70.9 Å². The van der Waals surface area contributed by atoms with Gasteiger partial charge in [-0.05, 0) is 6.42 Å². The van der Waals surface area contributed by atoms with Crippen molar-refractivity contribution in [2.45, 2.75) is 12.5 Å². The molecule has 4 N–H and O–H groups in total. The summed E-state index contributed by atoms with van der Waals surface area (Å²) in [4.78, 5) is 10.2. The molecule has 0 radical (unpaired) electrons. The molecule has 1 saturated heterocycles. The van der Waals surface area contributed by atoms with Gasteiger partial charge in [-0.25, -0.2) is 4.79 Å². The third kappa shape index (κ3) is 2.67. The van der Waals surface area contributed by atoms with Gasteiger partial charge in [0.25, 0.3) is 0 Å². The van der Waals surface area contributed by atoms with Crippen molar-refractivity contribution in [3.63, 3.8) is 0 Å². The van der Waals surface area contributed by atoms with E-state index in [1.165, 1.54) is 0 Å². The minimum absolute atomic E-state index is 0.185. The molecule has 1 aliphatic rings. The summed E-state index contributed by atoms with van der Waals surface area (Å²) in [6, 6.07) is 0. The molecule has 70 valence electrons. The third-order valence-corrected chi connectivity index (χ3v) is 2.04. The highest BCUT2D eigenvalue weighted by atomic mass is 16.5. The maximum Gasteiger partial charge on any atom is 0.404 e. The Kier molecular flexibility index (Phi) is 3.31. The zero-order chi connectivity index (χ0) is 8.97. The second-order valence-electron chi connectivity index (χ2n) is 2.94. The summed E-state index contributed by atoms with van der Waals surface area (Å²) in [6.45, 7) is 1.70. The smallest absolute Gasteiger partial charge is 0.404 e. The molecule has 5 heteroatoms. The lowest BCUT2D eigenvalue weighted by Crippen LogP contribution is -2.21. The minimum atomic E-state index is -0.754. The van der Waals surface area contributed by atoms with Crippen LogP contribution in [0.5, 0.6) is 0 Å². The number of nitrogens with two attached hydrogens (primary N) is 1. The average Bonchev–Trinajstić information content (AvgIpc) is 2.36. The Bertz CT molecular complexity index is 163. The highest BCUT2D eigenvalue weighted by molar-refractivity contribution is 5.64. The lowest BCUT2D eigenvalue weighted by molar-refractivity contribution is 0.112. The van der Waals surface area contributed by atoms with Gasteiger partial charge in [-0.1, -0.05) is 0 Å². The molecule has 12 heavy (non-hydrogen) atoms. The van der Waals surface area contributed by atoms with Crippen LogP contribution in [0.1, 0.15) is 6.42 Å². The van der Waals surface area contributed by atoms with Crippen LogP contribution < -0.4 is 11.1 Å². The summed E-state index contributed by atoms with van der Waals surface area (Å²) in [5, 5.41) is 12.4. The van der Waals surface area contributed by atoms with Gasteiger partial charge in [0.05, 0.1) is 12.7 Å². The molecule has 1 rings (SSSR count). The predicted molar refractivity (Wildman–Crippen MR) is 42.5 cm³/mol. The molecule has 2 atom stereocenters. The van der Waals surface area contributed by atoms with E-state index in [1.54, 1.807) is 0 Å². The summed E-state index contributed by atoms with van der Waals surface area (Å²) in [5.41, 5.74) is 4.77. The number of hydrogen-bond acceptors (Lipinski definition) is 4. The SMILES string of the molecule is NC(=O)OCCC1CNCC1O. The van der Waals surface area contributed by atoms with E-state index in [4.69, 9.17) is 5.73 Å². The molecular formula is C7H14N2O3. The molecule has 0 aromatic heterocycles. The van der Waals surface area contributed by atoms with Crippen LogP contribution in [-0.2, 0) is 4.74 Å². The quantitative estimate of drug-likeness (QED) is 0.515. The first kappa shape index (κ1) is 9.28. The van der Waals surface area contributed by atoms with Crippen molar-refractivity contribution in [1.82, 2.24) is 5.32 Å². The normalized spacial score (nSPS) is 28.8. The van der Waals surface area contributed by atoms with E-state index in [-0.39, 0.29) is 12.0 Å². The van der Waals surface area contributed by atoms with Gasteiger partial charge in [0.15, 0.2) is 0 Å². The number of β-amino-alcohol motifs (C(OH)–C–C–N with tert-alkyl or cyclic N) is 1. The topological polar surface area (TPSA) is 84.6 Å². The number of aliphatic hydroxyl groups is 1. The van der Waals surface area contributed by atoms with E-state index < -0.39 is 6.09 Å². The Morgan fingerprint density at radius 2 is 2.42 bits per heavy atom. The van der Waals surface area contributed by atoms with Gasteiger partial charge in [0.1, 0.15) is 0 Å². The van der Waals surface area contributed by atoms with Crippen molar-refractivity contribution in [3.05, 3.63) is 0 Å². The lowest BCUT2D eigenvalue weighted by atomic mass is 10.0. The largest absolute Gasteiger partial charge is 0.450 e. The van der Waals surface area contributed by atoms with Crippen LogP contribution in [0, 0.1) is 5.92 Å². The Balaban J connectivity index is 2.10. The summed E-state index contributed by atoms with van der Waals surface area (Å²) >= 11 is 0. The maximum atomic E-state index is 10.2. The number of amides is 1. The van der Waals surface area contributed by atoms with Crippen LogP contribution >= 0.6 is 0 Å². The molecule has 1 heterocycles. The van der Waals surface area contributed by atoms with Crippen molar-refractivity contribution < 1.29 is 14.6 Å². The van der Waals surface area contributed by atoms with Gasteiger partial charge >= 0.3 is 6.09 Å². The molecule has 5 nitrogen and oxygen atoms in total. The molecular weight excluding hydrogens is 160 g/mol. The van der Waals surface area contributed by atoms with Crippen molar-refractivity contribution in [3.8, 4) is 0 Å². The van der Waals surface area contributed by atoms with Gasteiger partial charge in [-0.2, -0.15) is 0 Å². The molecule has 0 spiro atoms. The maximum absolute atomic E-state index is 10.2. The van der Waals surface area contributed by atoms with Crippen molar-refractivity contribution >= 4 is 6.09 Å². The van der Waals surface area contributed by atoms with Crippen molar-refractivity contribution in [1.29, 1.82) is 0 Å². The van der Waals surface area contributed by atoms with Crippen LogP contribution in [-0.4, -0.2) is 37.0 Å². The predicted octanol–water partition coefficient (Wildman–Crippen LogP) is -0.948. The summed E-state index contributed by atoms with van der Waals surface area (Å²) < 4.78 is 4.55. The monoisotopic (exact) mass is 174 g/mol. The summed E-state index contributed by atoms with van der Waals surface area (Å²) in [7, 11) is 0. The molecule has 0 aromatic carbocycles. The lowest BCUT2D eigenvalue weighted by Gasteiger charge is -2.11.